The molecule has 2 heterocycles. The zero-order valence-corrected chi connectivity index (χ0v) is 13.2. The molecule has 3 rings (SSSR count). The van der Waals surface area contributed by atoms with Crippen LogP contribution in [0.1, 0.15) is 38.4 Å². The first kappa shape index (κ1) is 15.1. The van der Waals surface area contributed by atoms with Crippen molar-refractivity contribution in [2.24, 2.45) is 5.41 Å². The first-order valence-corrected chi connectivity index (χ1v) is 7.90. The molecule has 4 heteroatoms. The van der Waals surface area contributed by atoms with E-state index in [-0.39, 0.29) is 23.8 Å². The van der Waals surface area contributed by atoms with E-state index in [4.69, 9.17) is 4.42 Å². The summed E-state index contributed by atoms with van der Waals surface area (Å²) in [5, 5.41) is 10.5. The summed E-state index contributed by atoms with van der Waals surface area (Å²) in [7, 11) is 0. The number of hydrogen-bond donors (Lipinski definition) is 1. The van der Waals surface area contributed by atoms with Gasteiger partial charge in [-0.3, -0.25) is 4.79 Å². The molecule has 1 fully saturated rings. The lowest BCUT2D eigenvalue weighted by atomic mass is 9.81. The van der Waals surface area contributed by atoms with E-state index in [1.54, 1.807) is 0 Å². The summed E-state index contributed by atoms with van der Waals surface area (Å²) in [5.74, 6) is 0.562. The fourth-order valence-corrected chi connectivity index (χ4v) is 3.04. The van der Waals surface area contributed by atoms with Gasteiger partial charge in [0.25, 0.3) is 0 Å². The third-order valence-electron chi connectivity index (χ3n) is 4.91. The predicted octanol–water partition coefficient (Wildman–Crippen LogP) is 3.16. The highest BCUT2D eigenvalue weighted by atomic mass is 16.3. The molecule has 2 aromatic rings. The van der Waals surface area contributed by atoms with Crippen molar-refractivity contribution < 1.29 is 14.3 Å². The van der Waals surface area contributed by atoms with E-state index in [1.807, 2.05) is 42.2 Å². The van der Waals surface area contributed by atoms with Crippen LogP contribution in [0.15, 0.2) is 34.7 Å². The first-order valence-electron chi connectivity index (χ1n) is 7.90. The summed E-state index contributed by atoms with van der Waals surface area (Å²) in [4.78, 5) is 14.6. The van der Waals surface area contributed by atoms with Crippen LogP contribution >= 0.6 is 0 Å². The average molecular weight is 301 g/mol. The molecule has 0 radical (unpaired) electrons. The van der Waals surface area contributed by atoms with Crippen LogP contribution in [0.4, 0.5) is 0 Å². The van der Waals surface area contributed by atoms with Crippen LogP contribution in [0.3, 0.4) is 0 Å². The van der Waals surface area contributed by atoms with Crippen molar-refractivity contribution in [1.29, 1.82) is 0 Å². The Balaban J connectivity index is 1.72. The number of hydrogen-bond acceptors (Lipinski definition) is 3. The van der Waals surface area contributed by atoms with Gasteiger partial charge in [-0.2, -0.15) is 0 Å². The highest BCUT2D eigenvalue weighted by Crippen LogP contribution is 2.32. The number of aliphatic hydroxyl groups is 1. The third kappa shape index (κ3) is 2.75. The highest BCUT2D eigenvalue weighted by molar-refractivity contribution is 5.85. The molecule has 1 aromatic heterocycles. The van der Waals surface area contributed by atoms with Crippen LogP contribution in [0.5, 0.6) is 0 Å². The third-order valence-corrected chi connectivity index (χ3v) is 4.91. The van der Waals surface area contributed by atoms with E-state index in [1.165, 1.54) is 0 Å². The number of furan rings is 1. The van der Waals surface area contributed by atoms with Gasteiger partial charge >= 0.3 is 0 Å². The van der Waals surface area contributed by atoms with Crippen LogP contribution in [-0.2, 0) is 4.79 Å². The number of para-hydroxylation sites is 1. The maximum atomic E-state index is 12.7. The molecule has 0 aliphatic carbocycles. The summed E-state index contributed by atoms with van der Waals surface area (Å²) in [6.45, 7) is 5.59. The SMILES string of the molecule is C[C@@H](C(=O)N1CCC(C)(CO)CC1)c1cc2ccccc2o1. The maximum Gasteiger partial charge on any atom is 0.233 e. The molecular formula is C18H23NO3. The smallest absolute Gasteiger partial charge is 0.233 e. The number of nitrogens with zero attached hydrogens (tertiary/aromatic N) is 1. The highest BCUT2D eigenvalue weighted by Gasteiger charge is 2.33. The van der Waals surface area contributed by atoms with Gasteiger partial charge in [0.1, 0.15) is 11.3 Å². The molecule has 4 nitrogen and oxygen atoms in total. The zero-order chi connectivity index (χ0) is 15.7. The number of piperidine rings is 1. The summed E-state index contributed by atoms with van der Waals surface area (Å²) in [6, 6.07) is 9.77. The number of amides is 1. The van der Waals surface area contributed by atoms with Crippen molar-refractivity contribution in [1.82, 2.24) is 4.90 Å². The van der Waals surface area contributed by atoms with E-state index < -0.39 is 0 Å². The second-order valence-corrected chi connectivity index (χ2v) is 6.70. The Morgan fingerprint density at radius 3 is 2.68 bits per heavy atom. The van der Waals surface area contributed by atoms with Gasteiger partial charge in [-0.05, 0) is 37.3 Å². The molecule has 0 saturated carbocycles. The molecule has 0 unspecified atom stereocenters. The van der Waals surface area contributed by atoms with E-state index in [0.29, 0.717) is 13.1 Å². The lowest BCUT2D eigenvalue weighted by Crippen LogP contribution is -2.44. The van der Waals surface area contributed by atoms with Gasteiger partial charge in [-0.15, -0.1) is 0 Å². The normalized spacial score (nSPS) is 19.3. The molecule has 0 bridgehead atoms. The minimum Gasteiger partial charge on any atom is -0.460 e. The van der Waals surface area contributed by atoms with Crippen molar-refractivity contribution in [3.05, 3.63) is 36.1 Å². The Bertz CT molecular complexity index is 635. The number of benzene rings is 1. The van der Waals surface area contributed by atoms with Crippen LogP contribution in [-0.4, -0.2) is 35.6 Å². The van der Waals surface area contributed by atoms with Gasteiger partial charge in [0.15, 0.2) is 0 Å². The Morgan fingerprint density at radius 2 is 2.05 bits per heavy atom. The Morgan fingerprint density at radius 1 is 1.36 bits per heavy atom. The van der Waals surface area contributed by atoms with Crippen molar-refractivity contribution >= 4 is 16.9 Å². The molecule has 22 heavy (non-hydrogen) atoms. The standard InChI is InChI=1S/C18H23NO3/c1-13(16-11-14-5-3-4-6-15(14)22-16)17(21)19-9-7-18(2,12-20)8-10-19/h3-6,11,13,20H,7-10,12H2,1-2H3/t13-/m1/s1. The monoisotopic (exact) mass is 301 g/mol. The average Bonchev–Trinajstić information content (AvgIpc) is 2.98. The zero-order valence-electron chi connectivity index (χ0n) is 13.2. The van der Waals surface area contributed by atoms with Gasteiger partial charge in [0.05, 0.1) is 5.92 Å². The van der Waals surface area contributed by atoms with Crippen LogP contribution in [0, 0.1) is 5.41 Å². The van der Waals surface area contributed by atoms with Gasteiger partial charge in [-0.25, -0.2) is 0 Å². The Labute approximate surface area is 130 Å². The van der Waals surface area contributed by atoms with E-state index in [2.05, 4.69) is 6.92 Å². The fourth-order valence-electron chi connectivity index (χ4n) is 3.04. The first-order chi connectivity index (χ1) is 10.5. The lowest BCUT2D eigenvalue weighted by molar-refractivity contribution is -0.135. The van der Waals surface area contributed by atoms with Crippen LogP contribution in [0.2, 0.25) is 0 Å². The van der Waals surface area contributed by atoms with E-state index in [0.717, 1.165) is 29.6 Å². The molecule has 118 valence electrons. The number of rotatable bonds is 3. The number of aliphatic hydroxyl groups excluding tert-OH is 1. The second-order valence-electron chi connectivity index (χ2n) is 6.70. The molecule has 1 amide bonds. The topological polar surface area (TPSA) is 53.7 Å². The van der Waals surface area contributed by atoms with Crippen molar-refractivity contribution in [3.63, 3.8) is 0 Å². The predicted molar refractivity (Wildman–Crippen MR) is 85.6 cm³/mol. The molecule has 1 aromatic carbocycles. The van der Waals surface area contributed by atoms with Gasteiger partial charge in [-0.1, -0.05) is 25.1 Å². The maximum absolute atomic E-state index is 12.7. The van der Waals surface area contributed by atoms with E-state index >= 15 is 0 Å². The summed E-state index contributed by atoms with van der Waals surface area (Å²) < 4.78 is 5.82. The van der Waals surface area contributed by atoms with E-state index in [9.17, 15) is 9.90 Å². The Kier molecular flexibility index (Phi) is 3.96. The second kappa shape index (κ2) is 5.76. The number of carbonyl (C=O) groups excluding carboxylic acids is 1. The molecule has 1 atom stereocenters. The van der Waals surface area contributed by atoms with Crippen molar-refractivity contribution in [3.8, 4) is 0 Å². The summed E-state index contributed by atoms with van der Waals surface area (Å²) in [6.07, 6.45) is 1.70. The number of fused-ring (bicyclic) bond motifs is 1. The largest absolute Gasteiger partial charge is 0.460 e. The molecule has 1 aliphatic rings. The lowest BCUT2D eigenvalue weighted by Gasteiger charge is -2.38. The van der Waals surface area contributed by atoms with Crippen LogP contribution in [0.25, 0.3) is 11.0 Å². The van der Waals surface area contributed by atoms with Crippen LogP contribution < -0.4 is 0 Å². The van der Waals surface area contributed by atoms with Gasteiger partial charge in [0.2, 0.25) is 5.91 Å². The molecule has 1 N–H and O–H groups in total. The molecule has 1 aliphatic heterocycles. The van der Waals surface area contributed by atoms with Crippen molar-refractivity contribution in [2.45, 2.75) is 32.6 Å². The van der Waals surface area contributed by atoms with Gasteiger partial charge < -0.3 is 14.4 Å². The molecule has 0 spiro atoms. The summed E-state index contributed by atoms with van der Waals surface area (Å²) >= 11 is 0. The van der Waals surface area contributed by atoms with Crippen molar-refractivity contribution in [2.75, 3.05) is 19.7 Å². The minimum atomic E-state index is -0.272. The Hall–Kier alpha value is -1.81. The quantitative estimate of drug-likeness (QED) is 0.947. The summed E-state index contributed by atoms with van der Waals surface area (Å²) in [5.41, 5.74) is 0.781. The molecule has 1 saturated heterocycles. The number of carbonyl (C=O) groups is 1. The number of likely N-dealkylation sites (tertiary alicyclic amines) is 1. The molecular weight excluding hydrogens is 278 g/mol. The van der Waals surface area contributed by atoms with Gasteiger partial charge in [0, 0.05) is 25.1 Å². The fraction of sp³-hybridized carbons (Fsp3) is 0.500. The minimum absolute atomic E-state index is 0.0423.